The number of rotatable bonds is 3. The molecule has 0 spiro atoms. The number of para-hydroxylation sites is 1. The average molecular weight is 275 g/mol. The summed E-state index contributed by atoms with van der Waals surface area (Å²) in [7, 11) is 0. The molecule has 106 valence electrons. The summed E-state index contributed by atoms with van der Waals surface area (Å²) in [6, 6.07) is 6.96. The van der Waals surface area contributed by atoms with Crippen LogP contribution in [-0.4, -0.2) is 29.0 Å². The van der Waals surface area contributed by atoms with E-state index in [1.807, 2.05) is 13.0 Å². The summed E-state index contributed by atoms with van der Waals surface area (Å²) in [6.45, 7) is 3.49. The van der Waals surface area contributed by atoms with Crippen LogP contribution in [0.3, 0.4) is 0 Å². The lowest BCUT2D eigenvalue weighted by atomic mass is 10.1. The van der Waals surface area contributed by atoms with Gasteiger partial charge in [-0.3, -0.25) is 0 Å². The highest BCUT2D eigenvalue weighted by atomic mass is 19.1. The first-order valence-electron chi connectivity index (χ1n) is 6.89. The Morgan fingerprint density at radius 1 is 1.40 bits per heavy atom. The van der Waals surface area contributed by atoms with Gasteiger partial charge in [0.05, 0.1) is 24.2 Å². The third kappa shape index (κ3) is 2.54. The SMILES string of the molecule is Cc1c(N[C@@H]2CCCOC2)cnn1-c1ccccc1F. The monoisotopic (exact) mass is 275 g/mol. The Kier molecular flexibility index (Phi) is 3.69. The van der Waals surface area contributed by atoms with E-state index in [0.717, 1.165) is 30.8 Å². The van der Waals surface area contributed by atoms with Crippen molar-refractivity contribution in [3.05, 3.63) is 42.0 Å². The molecular formula is C15H18FN3O. The molecular weight excluding hydrogens is 257 g/mol. The molecule has 0 unspecified atom stereocenters. The number of benzene rings is 1. The molecule has 2 aromatic rings. The molecule has 4 nitrogen and oxygen atoms in total. The van der Waals surface area contributed by atoms with Crippen LogP contribution in [0.4, 0.5) is 10.1 Å². The molecule has 1 aromatic carbocycles. The number of ether oxygens (including phenoxy) is 1. The number of halogens is 1. The molecule has 0 amide bonds. The predicted molar refractivity (Wildman–Crippen MR) is 75.7 cm³/mol. The zero-order valence-corrected chi connectivity index (χ0v) is 11.5. The van der Waals surface area contributed by atoms with Gasteiger partial charge in [0.1, 0.15) is 11.5 Å². The third-order valence-electron chi connectivity index (χ3n) is 3.61. The van der Waals surface area contributed by atoms with Gasteiger partial charge >= 0.3 is 0 Å². The maximum atomic E-state index is 13.8. The smallest absolute Gasteiger partial charge is 0.148 e. The van der Waals surface area contributed by atoms with Gasteiger partial charge < -0.3 is 10.1 Å². The number of hydrogen-bond donors (Lipinski definition) is 1. The first kappa shape index (κ1) is 13.1. The lowest BCUT2D eigenvalue weighted by Gasteiger charge is -2.23. The van der Waals surface area contributed by atoms with Crippen LogP contribution in [0.15, 0.2) is 30.5 Å². The fourth-order valence-corrected chi connectivity index (χ4v) is 2.49. The number of nitrogens with one attached hydrogen (secondary N) is 1. The van der Waals surface area contributed by atoms with E-state index in [1.165, 1.54) is 6.07 Å². The summed E-state index contributed by atoms with van der Waals surface area (Å²) in [5, 5.41) is 7.71. The van der Waals surface area contributed by atoms with Crippen molar-refractivity contribution >= 4 is 5.69 Å². The fraction of sp³-hybridized carbons (Fsp3) is 0.400. The van der Waals surface area contributed by atoms with Gasteiger partial charge in [-0.25, -0.2) is 9.07 Å². The molecule has 0 radical (unpaired) electrons. The molecule has 1 saturated heterocycles. The summed E-state index contributed by atoms with van der Waals surface area (Å²) in [5.41, 5.74) is 2.31. The molecule has 1 N–H and O–H groups in total. The van der Waals surface area contributed by atoms with Crippen LogP contribution in [0, 0.1) is 12.7 Å². The van der Waals surface area contributed by atoms with Crippen molar-refractivity contribution in [1.82, 2.24) is 9.78 Å². The van der Waals surface area contributed by atoms with Gasteiger partial charge in [-0.15, -0.1) is 0 Å². The number of hydrogen-bond acceptors (Lipinski definition) is 3. The molecule has 3 rings (SSSR count). The minimum absolute atomic E-state index is 0.272. The van der Waals surface area contributed by atoms with Crippen molar-refractivity contribution in [3.8, 4) is 5.69 Å². The van der Waals surface area contributed by atoms with Gasteiger partial charge in [-0.1, -0.05) is 12.1 Å². The van der Waals surface area contributed by atoms with Crippen molar-refractivity contribution in [2.75, 3.05) is 18.5 Å². The van der Waals surface area contributed by atoms with Gasteiger partial charge in [0, 0.05) is 12.6 Å². The van der Waals surface area contributed by atoms with Gasteiger partial charge in [0.15, 0.2) is 0 Å². The van der Waals surface area contributed by atoms with Crippen LogP contribution < -0.4 is 5.32 Å². The quantitative estimate of drug-likeness (QED) is 0.936. The molecule has 5 heteroatoms. The highest BCUT2D eigenvalue weighted by molar-refractivity contribution is 5.50. The topological polar surface area (TPSA) is 39.1 Å². The Morgan fingerprint density at radius 2 is 2.25 bits per heavy atom. The molecule has 1 atom stereocenters. The first-order valence-corrected chi connectivity index (χ1v) is 6.89. The van der Waals surface area contributed by atoms with E-state index in [-0.39, 0.29) is 5.82 Å². The summed E-state index contributed by atoms with van der Waals surface area (Å²) in [6.07, 6.45) is 3.90. The molecule has 2 heterocycles. The Labute approximate surface area is 117 Å². The second-order valence-corrected chi connectivity index (χ2v) is 5.07. The van der Waals surface area contributed by atoms with Crippen molar-refractivity contribution in [2.45, 2.75) is 25.8 Å². The Morgan fingerprint density at radius 3 is 3.00 bits per heavy atom. The predicted octanol–water partition coefficient (Wildman–Crippen LogP) is 2.91. The highest BCUT2D eigenvalue weighted by Crippen LogP contribution is 2.22. The maximum Gasteiger partial charge on any atom is 0.148 e. The van der Waals surface area contributed by atoms with Gasteiger partial charge in [0.2, 0.25) is 0 Å². The van der Waals surface area contributed by atoms with Crippen molar-refractivity contribution in [3.63, 3.8) is 0 Å². The summed E-state index contributed by atoms with van der Waals surface area (Å²) in [5.74, 6) is -0.272. The normalized spacial score (nSPS) is 19.0. The van der Waals surface area contributed by atoms with E-state index in [0.29, 0.717) is 18.3 Å². The highest BCUT2D eigenvalue weighted by Gasteiger charge is 2.17. The van der Waals surface area contributed by atoms with E-state index < -0.39 is 0 Å². The van der Waals surface area contributed by atoms with Gasteiger partial charge in [0.25, 0.3) is 0 Å². The zero-order valence-electron chi connectivity index (χ0n) is 11.5. The van der Waals surface area contributed by atoms with E-state index in [1.54, 1.807) is 23.0 Å². The van der Waals surface area contributed by atoms with Crippen molar-refractivity contribution < 1.29 is 9.13 Å². The molecule has 1 aliphatic heterocycles. The molecule has 0 aliphatic carbocycles. The fourth-order valence-electron chi connectivity index (χ4n) is 2.49. The second-order valence-electron chi connectivity index (χ2n) is 5.07. The van der Waals surface area contributed by atoms with Crippen molar-refractivity contribution in [2.24, 2.45) is 0 Å². The van der Waals surface area contributed by atoms with Crippen LogP contribution >= 0.6 is 0 Å². The molecule has 1 aromatic heterocycles. The summed E-state index contributed by atoms with van der Waals surface area (Å²) >= 11 is 0. The average Bonchev–Trinajstić information content (AvgIpc) is 2.82. The minimum atomic E-state index is -0.272. The minimum Gasteiger partial charge on any atom is -0.379 e. The Balaban J connectivity index is 1.83. The standard InChI is InChI=1S/C15H18FN3O/c1-11-14(18-12-5-4-8-20-10-12)9-17-19(11)15-7-3-2-6-13(15)16/h2-3,6-7,9,12,18H,4-5,8,10H2,1H3/t12-/m1/s1. The zero-order chi connectivity index (χ0) is 13.9. The molecule has 1 aliphatic rings. The largest absolute Gasteiger partial charge is 0.379 e. The number of aromatic nitrogens is 2. The summed E-state index contributed by atoms with van der Waals surface area (Å²) in [4.78, 5) is 0. The van der Waals surface area contributed by atoms with Crippen LogP contribution in [0.5, 0.6) is 0 Å². The summed E-state index contributed by atoms with van der Waals surface area (Å²) < 4.78 is 20.9. The van der Waals surface area contributed by atoms with Crippen LogP contribution in [0.2, 0.25) is 0 Å². The van der Waals surface area contributed by atoms with E-state index in [4.69, 9.17) is 4.74 Å². The van der Waals surface area contributed by atoms with Crippen molar-refractivity contribution in [1.29, 1.82) is 0 Å². The number of anilines is 1. The van der Waals surface area contributed by atoms with Gasteiger partial charge in [-0.2, -0.15) is 5.10 Å². The lowest BCUT2D eigenvalue weighted by Crippen LogP contribution is -2.30. The van der Waals surface area contributed by atoms with Crippen LogP contribution in [0.1, 0.15) is 18.5 Å². The molecule has 1 fully saturated rings. The second kappa shape index (κ2) is 5.63. The molecule has 0 bridgehead atoms. The number of nitrogens with zero attached hydrogens (tertiary/aromatic N) is 2. The van der Waals surface area contributed by atoms with E-state index in [9.17, 15) is 4.39 Å². The van der Waals surface area contributed by atoms with E-state index in [2.05, 4.69) is 10.4 Å². The van der Waals surface area contributed by atoms with Crippen LogP contribution in [-0.2, 0) is 4.74 Å². The first-order chi connectivity index (χ1) is 9.75. The maximum absolute atomic E-state index is 13.8. The Hall–Kier alpha value is -1.88. The van der Waals surface area contributed by atoms with Gasteiger partial charge in [-0.05, 0) is 31.9 Å². The molecule has 0 saturated carbocycles. The van der Waals surface area contributed by atoms with Crippen LogP contribution in [0.25, 0.3) is 5.69 Å². The Bertz CT molecular complexity index is 591. The third-order valence-corrected chi connectivity index (χ3v) is 3.61. The molecule has 20 heavy (non-hydrogen) atoms. The van der Waals surface area contributed by atoms with E-state index >= 15 is 0 Å². The lowest BCUT2D eigenvalue weighted by molar-refractivity contribution is 0.0876.